The van der Waals surface area contributed by atoms with E-state index in [4.69, 9.17) is 0 Å². The van der Waals surface area contributed by atoms with Crippen LogP contribution in [0.1, 0.15) is 22.6 Å². The molecule has 0 fully saturated rings. The van der Waals surface area contributed by atoms with E-state index in [9.17, 15) is 13.0 Å². The van der Waals surface area contributed by atoms with Crippen molar-refractivity contribution in [3.8, 4) is 0 Å². The third-order valence-electron chi connectivity index (χ3n) is 3.77. The third kappa shape index (κ3) is 3.33. The summed E-state index contributed by atoms with van der Waals surface area (Å²) in [6.45, 7) is 0. The topological polar surface area (TPSA) is 54.4 Å². The van der Waals surface area contributed by atoms with Crippen LogP contribution in [0.3, 0.4) is 0 Å². The molecule has 0 spiro atoms. The van der Waals surface area contributed by atoms with Gasteiger partial charge in [0.25, 0.3) is 10.1 Å². The molecule has 0 aliphatic carbocycles. The molecule has 0 atom stereocenters. The van der Waals surface area contributed by atoms with E-state index in [0.717, 1.165) is 11.1 Å². The zero-order valence-electron chi connectivity index (χ0n) is 12.3. The zero-order chi connectivity index (χ0) is 16.3. The van der Waals surface area contributed by atoms with Gasteiger partial charge in [0.1, 0.15) is 0 Å². The molecule has 3 aromatic rings. The van der Waals surface area contributed by atoms with Crippen LogP contribution in [-0.2, 0) is 10.1 Å². The number of hydrogen-bond donors (Lipinski definition) is 1. The van der Waals surface area contributed by atoms with Gasteiger partial charge in [-0.05, 0) is 22.8 Å². The van der Waals surface area contributed by atoms with Crippen LogP contribution in [0.2, 0.25) is 0 Å². The van der Waals surface area contributed by atoms with Crippen molar-refractivity contribution in [3.63, 3.8) is 0 Å². The Morgan fingerprint density at radius 3 is 1.57 bits per heavy atom. The third-order valence-corrected chi connectivity index (χ3v) is 4.70. The first kappa shape index (κ1) is 15.5. The van der Waals surface area contributed by atoms with Crippen molar-refractivity contribution < 1.29 is 13.0 Å². The Hall–Kier alpha value is -2.43. The van der Waals surface area contributed by atoms with Gasteiger partial charge in [-0.1, -0.05) is 78.9 Å². The molecule has 1 N–H and O–H groups in total. The average molecular weight is 324 g/mol. The minimum absolute atomic E-state index is 0.0577. The Labute approximate surface area is 136 Å². The molecule has 116 valence electrons. The van der Waals surface area contributed by atoms with Gasteiger partial charge in [0.05, 0.1) is 4.90 Å². The number of hydrogen-bond acceptors (Lipinski definition) is 2. The van der Waals surface area contributed by atoms with Crippen LogP contribution in [0.4, 0.5) is 0 Å². The lowest BCUT2D eigenvalue weighted by Gasteiger charge is -2.20. The van der Waals surface area contributed by atoms with Crippen LogP contribution in [-0.4, -0.2) is 13.0 Å². The summed E-state index contributed by atoms with van der Waals surface area (Å²) >= 11 is 0. The van der Waals surface area contributed by atoms with Gasteiger partial charge in [0.15, 0.2) is 0 Å². The van der Waals surface area contributed by atoms with Gasteiger partial charge in [-0.3, -0.25) is 4.55 Å². The van der Waals surface area contributed by atoms with Crippen molar-refractivity contribution in [1.82, 2.24) is 0 Å². The van der Waals surface area contributed by atoms with Gasteiger partial charge in [-0.2, -0.15) is 8.42 Å². The molecule has 3 rings (SSSR count). The van der Waals surface area contributed by atoms with E-state index in [1.807, 2.05) is 60.7 Å². The average Bonchev–Trinajstić information content (AvgIpc) is 2.57. The first-order valence-corrected chi connectivity index (χ1v) is 8.67. The second kappa shape index (κ2) is 6.36. The van der Waals surface area contributed by atoms with Crippen molar-refractivity contribution in [2.75, 3.05) is 0 Å². The molecule has 23 heavy (non-hydrogen) atoms. The molecule has 0 unspecified atom stereocenters. The summed E-state index contributed by atoms with van der Waals surface area (Å²) in [6, 6.07) is 25.9. The molecule has 0 heterocycles. The van der Waals surface area contributed by atoms with E-state index in [-0.39, 0.29) is 10.8 Å². The zero-order valence-corrected chi connectivity index (χ0v) is 13.1. The van der Waals surface area contributed by atoms with E-state index in [0.29, 0.717) is 5.56 Å². The Morgan fingerprint density at radius 2 is 1.09 bits per heavy atom. The fourth-order valence-electron chi connectivity index (χ4n) is 2.80. The summed E-state index contributed by atoms with van der Waals surface area (Å²) in [5.74, 6) is -0.268. The minimum Gasteiger partial charge on any atom is -0.282 e. The van der Waals surface area contributed by atoms with Crippen molar-refractivity contribution >= 4 is 10.1 Å². The van der Waals surface area contributed by atoms with E-state index >= 15 is 0 Å². The molecule has 0 amide bonds. The maximum absolute atomic E-state index is 11.8. The van der Waals surface area contributed by atoms with E-state index in [1.165, 1.54) is 6.07 Å². The molecule has 3 aromatic carbocycles. The van der Waals surface area contributed by atoms with E-state index < -0.39 is 10.1 Å². The molecule has 4 heteroatoms. The Kier molecular flexibility index (Phi) is 4.28. The lowest BCUT2D eigenvalue weighted by Crippen LogP contribution is -2.10. The number of rotatable bonds is 4. The summed E-state index contributed by atoms with van der Waals surface area (Å²) < 4.78 is 33.1. The fraction of sp³-hybridized carbons (Fsp3) is 0.0526. The van der Waals surface area contributed by atoms with Crippen molar-refractivity contribution in [2.45, 2.75) is 10.8 Å². The van der Waals surface area contributed by atoms with Crippen LogP contribution in [0, 0.1) is 0 Å². The lowest BCUT2D eigenvalue weighted by molar-refractivity contribution is 0.482. The molecule has 0 aliphatic heterocycles. The molecule has 0 saturated carbocycles. The Balaban J connectivity index is 2.26. The largest absolute Gasteiger partial charge is 0.294 e. The maximum Gasteiger partial charge on any atom is 0.294 e. The van der Waals surface area contributed by atoms with Gasteiger partial charge >= 0.3 is 0 Å². The predicted molar refractivity (Wildman–Crippen MR) is 90.1 cm³/mol. The highest BCUT2D eigenvalue weighted by molar-refractivity contribution is 7.85. The van der Waals surface area contributed by atoms with Gasteiger partial charge in [-0.25, -0.2) is 0 Å². The van der Waals surface area contributed by atoms with Gasteiger partial charge < -0.3 is 0 Å². The van der Waals surface area contributed by atoms with Crippen molar-refractivity contribution in [3.05, 3.63) is 102 Å². The highest BCUT2D eigenvalue weighted by Crippen LogP contribution is 2.35. The Bertz CT molecular complexity index is 849. The van der Waals surface area contributed by atoms with Crippen LogP contribution < -0.4 is 0 Å². The maximum atomic E-state index is 11.8. The smallest absolute Gasteiger partial charge is 0.282 e. The van der Waals surface area contributed by atoms with E-state index in [2.05, 4.69) is 0 Å². The molecule has 0 bridgehead atoms. The monoisotopic (exact) mass is 324 g/mol. The molecule has 0 aliphatic rings. The molecular weight excluding hydrogens is 308 g/mol. The summed E-state index contributed by atoms with van der Waals surface area (Å²) in [6.07, 6.45) is 0. The normalized spacial score (nSPS) is 11.6. The second-order valence-electron chi connectivity index (χ2n) is 5.27. The summed E-state index contributed by atoms with van der Waals surface area (Å²) in [5.41, 5.74) is 2.50. The van der Waals surface area contributed by atoms with Gasteiger partial charge in [0, 0.05) is 5.92 Å². The standard InChI is InChI=1S/C19H16O3S/c20-23(21,22)18-14-8-7-13-17(18)19(15-9-3-1-4-10-15)16-11-5-2-6-12-16/h1-14,19H,(H,20,21,22). The minimum atomic E-state index is -4.29. The van der Waals surface area contributed by atoms with Gasteiger partial charge in [-0.15, -0.1) is 0 Å². The van der Waals surface area contributed by atoms with E-state index in [1.54, 1.807) is 18.2 Å². The molecular formula is C19H16O3S. The quantitative estimate of drug-likeness (QED) is 0.580. The highest BCUT2D eigenvalue weighted by Gasteiger charge is 2.24. The molecule has 0 saturated heterocycles. The Morgan fingerprint density at radius 1 is 0.652 bits per heavy atom. The van der Waals surface area contributed by atoms with Crippen LogP contribution in [0.25, 0.3) is 0 Å². The molecule has 3 nitrogen and oxygen atoms in total. The van der Waals surface area contributed by atoms with Crippen LogP contribution in [0.5, 0.6) is 0 Å². The predicted octanol–water partition coefficient (Wildman–Crippen LogP) is 4.11. The first-order chi connectivity index (χ1) is 11.1. The summed E-state index contributed by atoms with van der Waals surface area (Å²) in [5, 5.41) is 0. The fourth-order valence-corrected chi connectivity index (χ4v) is 3.53. The summed E-state index contributed by atoms with van der Waals surface area (Å²) in [7, 11) is -4.29. The van der Waals surface area contributed by atoms with Crippen molar-refractivity contribution in [2.24, 2.45) is 0 Å². The lowest BCUT2D eigenvalue weighted by atomic mass is 9.85. The van der Waals surface area contributed by atoms with Crippen LogP contribution >= 0.6 is 0 Å². The SMILES string of the molecule is O=S(=O)(O)c1ccccc1C(c1ccccc1)c1ccccc1. The summed E-state index contributed by atoms with van der Waals surface area (Å²) in [4.78, 5) is -0.0577. The highest BCUT2D eigenvalue weighted by atomic mass is 32.2. The van der Waals surface area contributed by atoms with Crippen molar-refractivity contribution in [1.29, 1.82) is 0 Å². The van der Waals surface area contributed by atoms with Crippen LogP contribution in [0.15, 0.2) is 89.8 Å². The first-order valence-electron chi connectivity index (χ1n) is 7.23. The second-order valence-corrected chi connectivity index (χ2v) is 6.66. The number of benzene rings is 3. The molecule has 0 aromatic heterocycles. The van der Waals surface area contributed by atoms with Gasteiger partial charge in [0.2, 0.25) is 0 Å². The molecule has 0 radical (unpaired) electrons.